The zero-order valence-electron chi connectivity index (χ0n) is 32.3. The molecule has 2 aromatic carbocycles. The van der Waals surface area contributed by atoms with Crippen molar-refractivity contribution < 1.29 is 67.7 Å². The first-order valence-electron chi connectivity index (χ1n) is 18.8. The van der Waals surface area contributed by atoms with Gasteiger partial charge in [0.1, 0.15) is 24.2 Å². The molecular formula is C40H48FN4O12S+. The third-order valence-electron chi connectivity index (χ3n) is 10.2. The van der Waals surface area contributed by atoms with Gasteiger partial charge in [-0.05, 0) is 69.4 Å². The molecule has 1 aromatic heterocycles. The van der Waals surface area contributed by atoms with Gasteiger partial charge in [0, 0.05) is 73.3 Å². The molecule has 1 saturated carbocycles. The van der Waals surface area contributed by atoms with Crippen molar-refractivity contribution in [3.63, 3.8) is 0 Å². The molecule has 3 atom stereocenters. The molecule has 1 aliphatic heterocycles. The molecule has 3 unspecified atom stereocenters. The van der Waals surface area contributed by atoms with Crippen LogP contribution in [-0.2, 0) is 34.0 Å². The number of ether oxygens (including phenoxy) is 1. The summed E-state index contributed by atoms with van der Waals surface area (Å²) in [5, 5.41) is 47.8. The second kappa shape index (κ2) is 19.9. The maximum absolute atomic E-state index is 14.5. The quantitative estimate of drug-likeness (QED) is 0.0223. The van der Waals surface area contributed by atoms with Gasteiger partial charge in [-0.2, -0.15) is 4.58 Å². The lowest BCUT2D eigenvalue weighted by atomic mass is 9.70. The Bertz CT molecular complexity index is 2010. The molecular weight excluding hydrogens is 780 g/mol. The smallest absolute Gasteiger partial charge is 0.333 e. The summed E-state index contributed by atoms with van der Waals surface area (Å²) < 4.78 is 26.7. The highest BCUT2D eigenvalue weighted by Gasteiger charge is 2.50. The summed E-state index contributed by atoms with van der Waals surface area (Å²) in [4.78, 5) is 56.2. The average molecular weight is 828 g/mol. The third-order valence-corrected chi connectivity index (χ3v) is 10.8. The Labute approximate surface area is 338 Å². The van der Waals surface area contributed by atoms with Crippen molar-refractivity contribution in [2.24, 2.45) is 0 Å². The highest BCUT2D eigenvalue weighted by atomic mass is 32.2. The lowest BCUT2D eigenvalue weighted by Crippen LogP contribution is -2.48. The number of aliphatic hydroxyl groups excluding tert-OH is 1. The average Bonchev–Trinajstić information content (AvgIpc) is 3.62. The number of aromatic nitrogens is 1. The van der Waals surface area contributed by atoms with Crippen LogP contribution in [0.25, 0.3) is 0 Å². The Morgan fingerprint density at radius 2 is 1.71 bits per heavy atom. The number of allylic oxidation sites excluding steroid dienone is 1. The molecule has 312 valence electrons. The fraction of sp³-hybridized carbons (Fsp3) is 0.425. The Balaban J connectivity index is 1.13. The van der Waals surface area contributed by atoms with Gasteiger partial charge in [-0.3, -0.25) is 14.4 Å². The van der Waals surface area contributed by atoms with E-state index in [1.807, 2.05) is 18.4 Å². The van der Waals surface area contributed by atoms with Gasteiger partial charge in [0.2, 0.25) is 29.3 Å². The topological polar surface area (TPSA) is 218 Å². The number of ketones is 1. The second-order valence-corrected chi connectivity index (χ2v) is 15.1. The van der Waals surface area contributed by atoms with E-state index in [4.69, 9.17) is 14.8 Å². The monoisotopic (exact) mass is 827 g/mol. The van der Waals surface area contributed by atoms with E-state index in [2.05, 4.69) is 20.0 Å². The number of rotatable bonds is 21. The van der Waals surface area contributed by atoms with Gasteiger partial charge in [0.05, 0.1) is 30.3 Å². The van der Waals surface area contributed by atoms with E-state index in [-0.39, 0.29) is 42.3 Å². The zero-order valence-corrected chi connectivity index (χ0v) is 33.1. The summed E-state index contributed by atoms with van der Waals surface area (Å²) in [7, 11) is 1.55. The maximum Gasteiger partial charge on any atom is 0.333 e. The lowest BCUT2D eigenvalue weighted by Gasteiger charge is -2.34. The van der Waals surface area contributed by atoms with Crippen molar-refractivity contribution in [1.82, 2.24) is 15.4 Å². The highest BCUT2D eigenvalue weighted by molar-refractivity contribution is 7.94. The third kappa shape index (κ3) is 10.4. The first-order chi connectivity index (χ1) is 27.8. The molecule has 1 aliphatic carbocycles. The number of fused-ring (bicyclic) bond motifs is 1. The standard InChI is InChI=1S/C40H47FN4O12S/c1-40(2)28-21-25(41)13-16-30(28)44(31(40)22-27-37(50)36(38(27)51)24-11-14-26(54-3)15-12-24)20-8-4-5-9-32(46)43-29(23-58-57-56-53)39(52)42-19-7-6-10-35(49)55-45-33(47)17-18-34(45)48/h11-18,21-22,29,36-37,50H,4-10,19-20,23H2,1-3H3,(H4,42,43,46,51,52,53)/p+1. The van der Waals surface area contributed by atoms with Crippen LogP contribution in [0.1, 0.15) is 75.8 Å². The zero-order chi connectivity index (χ0) is 42.0. The number of nitrogens with zero attached hydrogens (tertiary/aromatic N) is 2. The number of halogens is 1. The van der Waals surface area contributed by atoms with Gasteiger partial charge in [0.15, 0.2) is 11.5 Å². The SMILES string of the molecule is COc1ccc(C2C(=O)C(=CC3=[N+](CCCCCC(=O)NC(CSOOO)C(=O)NCCCCC(=O)On4c(O)ccc4O)c4ccc(F)cc4C3(C)C)C2O)cc1. The van der Waals surface area contributed by atoms with Crippen molar-refractivity contribution in [2.45, 2.75) is 82.3 Å². The minimum absolute atomic E-state index is 0.0587. The number of unbranched alkanes of at least 4 members (excludes halogenated alkanes) is 3. The number of aliphatic hydroxyl groups is 1. The lowest BCUT2D eigenvalue weighted by molar-refractivity contribution is -0.438. The number of methoxy groups -OCH3 is 1. The van der Waals surface area contributed by atoms with Crippen molar-refractivity contribution in [3.05, 3.63) is 83.2 Å². The fourth-order valence-corrected chi connectivity index (χ4v) is 7.49. The number of hydrogen-bond donors (Lipinski definition) is 6. The molecule has 6 N–H and O–H groups in total. The number of nitrogens with one attached hydrogen (secondary N) is 2. The number of carbonyl (C=O) groups is 4. The normalized spacial score (nSPS) is 18.1. The van der Waals surface area contributed by atoms with Crippen LogP contribution in [0.4, 0.5) is 10.1 Å². The molecule has 0 radical (unpaired) electrons. The van der Waals surface area contributed by atoms with Crippen LogP contribution >= 0.6 is 12.0 Å². The Kier molecular flexibility index (Phi) is 15.1. The summed E-state index contributed by atoms with van der Waals surface area (Å²) >= 11 is 0.605. The summed E-state index contributed by atoms with van der Waals surface area (Å²) in [6.45, 7) is 4.55. The van der Waals surface area contributed by atoms with E-state index in [0.717, 1.165) is 29.1 Å². The minimum atomic E-state index is -1.04. The summed E-state index contributed by atoms with van der Waals surface area (Å²) in [6, 6.07) is 12.9. The largest absolute Gasteiger partial charge is 0.497 e. The summed E-state index contributed by atoms with van der Waals surface area (Å²) in [5.74, 6) is -3.24. The molecule has 58 heavy (non-hydrogen) atoms. The van der Waals surface area contributed by atoms with Crippen LogP contribution in [0.5, 0.6) is 17.5 Å². The van der Waals surface area contributed by atoms with Crippen LogP contribution < -0.4 is 20.2 Å². The van der Waals surface area contributed by atoms with Crippen LogP contribution in [0.3, 0.4) is 0 Å². The Hall–Kier alpha value is -5.27. The molecule has 2 heterocycles. The molecule has 1 fully saturated rings. The van der Waals surface area contributed by atoms with Crippen LogP contribution in [-0.4, -0.2) is 97.3 Å². The van der Waals surface area contributed by atoms with E-state index in [0.29, 0.717) is 66.7 Å². The van der Waals surface area contributed by atoms with Crippen molar-refractivity contribution >= 4 is 47.0 Å². The van der Waals surface area contributed by atoms with Crippen molar-refractivity contribution in [2.75, 3.05) is 26.0 Å². The highest BCUT2D eigenvalue weighted by Crippen LogP contribution is 2.44. The molecule has 16 nitrogen and oxygen atoms in total. The molecule has 0 saturated heterocycles. The van der Waals surface area contributed by atoms with Crippen molar-refractivity contribution in [1.29, 1.82) is 0 Å². The van der Waals surface area contributed by atoms with E-state index < -0.39 is 53.0 Å². The van der Waals surface area contributed by atoms with E-state index in [1.54, 1.807) is 43.5 Å². The molecule has 3 aromatic rings. The first kappa shape index (κ1) is 43.8. The Morgan fingerprint density at radius 3 is 2.38 bits per heavy atom. The van der Waals surface area contributed by atoms with Crippen LogP contribution in [0, 0.1) is 5.82 Å². The van der Waals surface area contributed by atoms with Gasteiger partial charge < -0.3 is 35.5 Å². The predicted octanol–water partition coefficient (Wildman–Crippen LogP) is 4.13. The van der Waals surface area contributed by atoms with Crippen LogP contribution in [0.2, 0.25) is 0 Å². The van der Waals surface area contributed by atoms with Crippen molar-refractivity contribution in [3.8, 4) is 17.5 Å². The van der Waals surface area contributed by atoms with Gasteiger partial charge in [-0.25, -0.2) is 14.4 Å². The van der Waals surface area contributed by atoms with Gasteiger partial charge in [-0.1, -0.05) is 17.2 Å². The molecule has 18 heteroatoms. The summed E-state index contributed by atoms with van der Waals surface area (Å²) in [6.07, 6.45) is 3.16. The molecule has 0 spiro atoms. The van der Waals surface area contributed by atoms with Gasteiger partial charge in [-0.15, -0.1) is 9.06 Å². The van der Waals surface area contributed by atoms with E-state index >= 15 is 0 Å². The number of aromatic hydroxyl groups is 2. The summed E-state index contributed by atoms with van der Waals surface area (Å²) in [5.41, 5.74) is 2.58. The molecule has 0 bridgehead atoms. The number of benzene rings is 2. The number of amides is 2. The molecule has 2 aliphatic rings. The Morgan fingerprint density at radius 1 is 1.00 bits per heavy atom. The second-order valence-electron chi connectivity index (χ2n) is 14.4. The molecule has 2 amide bonds. The fourth-order valence-electron chi connectivity index (χ4n) is 7.02. The number of carbonyl (C=O) groups excluding carboxylic acids is 4. The first-order valence-corrected chi connectivity index (χ1v) is 19.7. The van der Waals surface area contributed by atoms with Crippen LogP contribution in [0.15, 0.2) is 66.2 Å². The predicted molar refractivity (Wildman–Crippen MR) is 208 cm³/mol. The van der Waals surface area contributed by atoms with Gasteiger partial charge in [0.25, 0.3) is 0 Å². The minimum Gasteiger partial charge on any atom is -0.497 e. The van der Waals surface area contributed by atoms with E-state index in [9.17, 15) is 38.9 Å². The number of Topliss-reactive ketones (excluding diaryl/α,β-unsaturated/α-hetero) is 1. The van der Waals surface area contributed by atoms with E-state index in [1.165, 1.54) is 12.1 Å². The maximum atomic E-state index is 14.5. The molecule has 5 rings (SSSR count). The van der Waals surface area contributed by atoms with Gasteiger partial charge >= 0.3 is 5.97 Å². The number of hydrogen-bond acceptors (Lipinski definition) is 13.